The van der Waals surface area contributed by atoms with E-state index in [1.54, 1.807) is 5.12 Å². The van der Waals surface area contributed by atoms with E-state index in [0.29, 0.717) is 5.90 Å². The molecule has 2 aliphatic rings. The third-order valence-corrected chi connectivity index (χ3v) is 4.99. The summed E-state index contributed by atoms with van der Waals surface area (Å²) in [5.74, 6) is 1.29. The lowest BCUT2D eigenvalue weighted by Crippen LogP contribution is -2.60. The largest absolute Gasteiger partial charge is 0.473 e. The molecular formula is C22H26N4O3. The average molecular weight is 394 g/mol. The highest BCUT2D eigenvalue weighted by Gasteiger charge is 2.42. The Labute approximate surface area is 171 Å². The molecule has 0 saturated carbocycles. The maximum absolute atomic E-state index is 11.6. The Morgan fingerprint density at radius 1 is 1.24 bits per heavy atom. The summed E-state index contributed by atoms with van der Waals surface area (Å²) in [4.78, 5) is 13.7. The number of rotatable bonds is 7. The molecule has 0 bridgehead atoms. The predicted molar refractivity (Wildman–Crippen MR) is 110 cm³/mol. The van der Waals surface area contributed by atoms with Crippen molar-refractivity contribution in [1.29, 1.82) is 0 Å². The highest BCUT2D eigenvalue weighted by atomic mass is 16.6. The van der Waals surface area contributed by atoms with Gasteiger partial charge in [-0.2, -0.15) is 10.1 Å². The van der Waals surface area contributed by atoms with Gasteiger partial charge < -0.3 is 14.4 Å². The van der Waals surface area contributed by atoms with Crippen molar-refractivity contribution in [3.63, 3.8) is 0 Å². The number of benzene rings is 2. The Bertz CT molecular complexity index is 900. The van der Waals surface area contributed by atoms with Crippen LogP contribution in [0.4, 0.5) is 0 Å². The summed E-state index contributed by atoms with van der Waals surface area (Å²) in [7, 11) is 4.11. The smallest absolute Gasteiger partial charge is 0.260 e. The van der Waals surface area contributed by atoms with E-state index >= 15 is 0 Å². The highest BCUT2D eigenvalue weighted by Crippen LogP contribution is 2.30. The topological polar surface area (TPSA) is 57.6 Å². The number of hydrogen-bond acceptors (Lipinski definition) is 7. The van der Waals surface area contributed by atoms with Gasteiger partial charge in [-0.05, 0) is 50.3 Å². The van der Waals surface area contributed by atoms with Gasteiger partial charge >= 0.3 is 0 Å². The number of hydrogen-bond donors (Lipinski definition) is 0. The van der Waals surface area contributed by atoms with E-state index in [1.807, 2.05) is 41.4 Å². The first-order valence-electron chi connectivity index (χ1n) is 9.78. The molecule has 0 radical (unpaired) electrons. The molecule has 152 valence electrons. The van der Waals surface area contributed by atoms with Crippen LogP contribution < -0.4 is 4.74 Å². The third kappa shape index (κ3) is 4.11. The molecule has 0 N–H and O–H groups in total. The minimum atomic E-state index is -0.778. The zero-order valence-electron chi connectivity index (χ0n) is 17.0. The predicted octanol–water partition coefficient (Wildman–Crippen LogP) is 2.60. The second-order valence-electron chi connectivity index (χ2n) is 7.60. The first kappa shape index (κ1) is 19.4. The van der Waals surface area contributed by atoms with E-state index in [4.69, 9.17) is 9.47 Å². The fraction of sp³-hybridized carbons (Fsp3) is 0.364. The van der Waals surface area contributed by atoms with E-state index in [1.165, 1.54) is 5.56 Å². The summed E-state index contributed by atoms with van der Waals surface area (Å²) in [6.45, 7) is 3.69. The molecule has 2 aromatic carbocycles. The summed E-state index contributed by atoms with van der Waals surface area (Å²) in [5, 5.41) is 8.06. The molecule has 2 heterocycles. The van der Waals surface area contributed by atoms with Gasteiger partial charge in [0.1, 0.15) is 5.75 Å². The summed E-state index contributed by atoms with van der Waals surface area (Å²) >= 11 is 0. The average Bonchev–Trinajstić information content (AvgIpc) is 3.10. The lowest BCUT2D eigenvalue weighted by Gasteiger charge is -2.44. The maximum Gasteiger partial charge on any atom is 0.260 e. The number of carbonyl (C=O) groups is 1. The molecule has 0 aromatic heterocycles. The van der Waals surface area contributed by atoms with Gasteiger partial charge in [-0.3, -0.25) is 4.79 Å². The van der Waals surface area contributed by atoms with Crippen molar-refractivity contribution >= 4 is 12.2 Å². The first-order valence-corrected chi connectivity index (χ1v) is 9.78. The Kier molecular flexibility index (Phi) is 5.51. The summed E-state index contributed by atoms with van der Waals surface area (Å²) in [5.41, 5.74) is 3.18. The zero-order valence-corrected chi connectivity index (χ0v) is 17.0. The standard InChI is InChI=1S/C22H26N4O3/c1-16-13-17(14-24(2)3)9-10-19(16)28-20-11-12-25(20)26-21(15-27)29-22(23-26)18-7-5-4-6-8-18/h4-10,13,15,20-21H,11-12,14H2,1-3H3. The number of nitrogens with zero attached hydrogens (tertiary/aromatic N) is 4. The third-order valence-electron chi connectivity index (χ3n) is 4.99. The van der Waals surface area contributed by atoms with Crippen molar-refractivity contribution < 1.29 is 14.3 Å². The lowest BCUT2D eigenvalue weighted by molar-refractivity contribution is -0.218. The quantitative estimate of drug-likeness (QED) is 0.673. The molecule has 1 fully saturated rings. The van der Waals surface area contributed by atoms with Crippen LogP contribution >= 0.6 is 0 Å². The molecule has 1 saturated heterocycles. The Hall–Kier alpha value is -2.90. The molecule has 2 unspecified atom stereocenters. The van der Waals surface area contributed by atoms with Gasteiger partial charge in [0.15, 0.2) is 12.5 Å². The van der Waals surface area contributed by atoms with Gasteiger partial charge in [0.25, 0.3) is 6.23 Å². The molecule has 4 rings (SSSR count). The Morgan fingerprint density at radius 2 is 2.03 bits per heavy atom. The monoisotopic (exact) mass is 394 g/mol. The number of hydrazone groups is 1. The van der Waals surface area contributed by atoms with Crippen molar-refractivity contribution in [3.8, 4) is 5.75 Å². The summed E-state index contributed by atoms with van der Waals surface area (Å²) in [6.07, 6.45) is 0.659. The summed E-state index contributed by atoms with van der Waals surface area (Å²) in [6, 6.07) is 15.8. The molecule has 2 aliphatic heterocycles. The highest BCUT2D eigenvalue weighted by molar-refractivity contribution is 5.95. The van der Waals surface area contributed by atoms with Crippen molar-refractivity contribution in [1.82, 2.24) is 15.0 Å². The second-order valence-corrected chi connectivity index (χ2v) is 7.60. The molecule has 0 aliphatic carbocycles. The fourth-order valence-corrected chi connectivity index (χ4v) is 3.49. The molecular weight excluding hydrogens is 368 g/mol. The van der Waals surface area contributed by atoms with Crippen LogP contribution in [0, 0.1) is 6.92 Å². The van der Waals surface area contributed by atoms with E-state index in [2.05, 4.69) is 43.2 Å². The normalized spacial score (nSPS) is 21.5. The molecule has 0 amide bonds. The molecule has 2 atom stereocenters. The van der Waals surface area contributed by atoms with Gasteiger partial charge in [-0.25, -0.2) is 0 Å². The number of ether oxygens (including phenoxy) is 2. The second kappa shape index (κ2) is 8.23. The number of aldehydes is 1. The van der Waals surface area contributed by atoms with Crippen molar-refractivity contribution in [2.24, 2.45) is 5.10 Å². The Morgan fingerprint density at radius 3 is 2.66 bits per heavy atom. The van der Waals surface area contributed by atoms with Crippen molar-refractivity contribution in [2.75, 3.05) is 20.6 Å². The summed E-state index contributed by atoms with van der Waals surface area (Å²) < 4.78 is 12.0. The van der Waals surface area contributed by atoms with Crippen LogP contribution in [0.25, 0.3) is 0 Å². The Balaban J connectivity index is 1.47. The van der Waals surface area contributed by atoms with E-state index in [9.17, 15) is 4.79 Å². The fourth-order valence-electron chi connectivity index (χ4n) is 3.49. The van der Waals surface area contributed by atoms with Gasteiger partial charge in [0.2, 0.25) is 5.90 Å². The zero-order chi connectivity index (χ0) is 20.4. The van der Waals surface area contributed by atoms with Gasteiger partial charge in [-0.15, -0.1) is 5.10 Å². The van der Waals surface area contributed by atoms with Crippen LogP contribution in [0.5, 0.6) is 5.75 Å². The first-order chi connectivity index (χ1) is 14.0. The number of hydrazine groups is 1. The van der Waals surface area contributed by atoms with E-state index < -0.39 is 6.23 Å². The van der Waals surface area contributed by atoms with Gasteiger partial charge in [-0.1, -0.05) is 30.3 Å². The van der Waals surface area contributed by atoms with Crippen molar-refractivity contribution in [2.45, 2.75) is 32.3 Å². The van der Waals surface area contributed by atoms with Gasteiger partial charge in [0, 0.05) is 25.1 Å². The molecule has 29 heavy (non-hydrogen) atoms. The van der Waals surface area contributed by atoms with Crippen LogP contribution in [-0.2, 0) is 16.1 Å². The van der Waals surface area contributed by atoms with Crippen LogP contribution in [0.3, 0.4) is 0 Å². The van der Waals surface area contributed by atoms with E-state index in [-0.39, 0.29) is 6.23 Å². The molecule has 7 heteroatoms. The molecule has 7 nitrogen and oxygen atoms in total. The van der Waals surface area contributed by atoms with Crippen LogP contribution in [0.2, 0.25) is 0 Å². The lowest BCUT2D eigenvalue weighted by atomic mass is 10.1. The van der Waals surface area contributed by atoms with E-state index in [0.717, 1.165) is 42.7 Å². The van der Waals surface area contributed by atoms with Crippen LogP contribution in [0.15, 0.2) is 53.6 Å². The minimum Gasteiger partial charge on any atom is -0.473 e. The molecule has 2 aromatic rings. The van der Waals surface area contributed by atoms with Crippen LogP contribution in [0.1, 0.15) is 23.1 Å². The van der Waals surface area contributed by atoms with Crippen molar-refractivity contribution in [3.05, 3.63) is 65.2 Å². The minimum absolute atomic E-state index is 0.182. The van der Waals surface area contributed by atoms with Gasteiger partial charge in [0.05, 0.1) is 0 Å². The number of aryl methyl sites for hydroxylation is 1. The van der Waals surface area contributed by atoms with Crippen LogP contribution in [-0.4, -0.2) is 60.3 Å². The SMILES string of the molecule is Cc1cc(CN(C)C)ccc1OC1CCN1N1N=C(c2ccccc2)OC1C=O. The molecule has 0 spiro atoms. The number of carbonyl (C=O) groups excluding carboxylic acids is 1. The maximum atomic E-state index is 11.6.